The van der Waals surface area contributed by atoms with Gasteiger partial charge in [-0.15, -0.1) is 21.5 Å². The van der Waals surface area contributed by atoms with Crippen molar-refractivity contribution in [1.29, 1.82) is 0 Å². The van der Waals surface area contributed by atoms with Gasteiger partial charge in [0.15, 0.2) is 0 Å². The lowest BCUT2D eigenvalue weighted by molar-refractivity contribution is 0.186. The summed E-state index contributed by atoms with van der Waals surface area (Å²) in [5, 5.41) is 14.1. The van der Waals surface area contributed by atoms with Gasteiger partial charge in [0.25, 0.3) is 0 Å². The molecule has 1 saturated heterocycles. The first-order valence-corrected chi connectivity index (χ1v) is 9.20. The summed E-state index contributed by atoms with van der Waals surface area (Å²) in [5.74, 6) is 1.45. The smallest absolute Gasteiger partial charge is 0.322 e. The van der Waals surface area contributed by atoms with Gasteiger partial charge in [-0.3, -0.25) is 5.32 Å². The first-order valence-electron chi connectivity index (χ1n) is 8.32. The normalized spacial score (nSPS) is 18.6. The molecule has 1 atom stereocenters. The van der Waals surface area contributed by atoms with E-state index in [1.807, 2.05) is 22.4 Å². The van der Waals surface area contributed by atoms with E-state index in [4.69, 9.17) is 4.42 Å². The molecule has 0 spiro atoms. The molecule has 1 fully saturated rings. The van der Waals surface area contributed by atoms with E-state index in [9.17, 15) is 4.79 Å². The number of urea groups is 1. The van der Waals surface area contributed by atoms with E-state index >= 15 is 0 Å². The van der Waals surface area contributed by atoms with Gasteiger partial charge in [-0.1, -0.05) is 20.8 Å². The van der Waals surface area contributed by atoms with Crippen molar-refractivity contribution >= 4 is 22.4 Å². The molecule has 2 aromatic rings. The van der Waals surface area contributed by atoms with Crippen LogP contribution in [-0.4, -0.2) is 34.2 Å². The fourth-order valence-electron chi connectivity index (χ4n) is 2.85. The van der Waals surface area contributed by atoms with Crippen LogP contribution in [0.4, 0.5) is 9.80 Å². The van der Waals surface area contributed by atoms with Gasteiger partial charge in [0, 0.05) is 19.5 Å². The van der Waals surface area contributed by atoms with Gasteiger partial charge in [0.05, 0.1) is 10.9 Å². The number of nitrogens with zero attached hydrogens (tertiary/aromatic N) is 3. The number of hydrogen-bond donors (Lipinski definition) is 1. The Morgan fingerprint density at radius 1 is 1.46 bits per heavy atom. The van der Waals surface area contributed by atoms with Crippen LogP contribution in [0.2, 0.25) is 0 Å². The monoisotopic (exact) mass is 348 g/mol. The molecule has 3 rings (SSSR count). The number of amides is 2. The molecule has 1 unspecified atom stereocenters. The van der Waals surface area contributed by atoms with E-state index in [2.05, 4.69) is 36.3 Å². The summed E-state index contributed by atoms with van der Waals surface area (Å²) in [6.07, 6.45) is 2.68. The molecule has 130 valence electrons. The minimum Gasteiger partial charge on any atom is -0.425 e. The summed E-state index contributed by atoms with van der Waals surface area (Å²) in [7, 11) is 0. The number of nitrogens with one attached hydrogen (secondary N) is 1. The topological polar surface area (TPSA) is 71.3 Å². The minimum absolute atomic E-state index is 0.0587. The Morgan fingerprint density at radius 2 is 2.29 bits per heavy atom. The summed E-state index contributed by atoms with van der Waals surface area (Å²) in [4.78, 5) is 14.2. The van der Waals surface area contributed by atoms with Gasteiger partial charge in [-0.05, 0) is 35.8 Å². The molecule has 1 aliphatic heterocycles. The molecule has 0 aliphatic carbocycles. The number of carbonyl (C=O) groups is 1. The van der Waals surface area contributed by atoms with Crippen LogP contribution in [0, 0.1) is 5.41 Å². The number of rotatable bonds is 3. The summed E-state index contributed by atoms with van der Waals surface area (Å²) in [6.45, 7) is 7.82. The Morgan fingerprint density at radius 3 is 3.00 bits per heavy atom. The van der Waals surface area contributed by atoms with Crippen LogP contribution in [0.5, 0.6) is 0 Å². The predicted molar refractivity (Wildman–Crippen MR) is 94.3 cm³/mol. The molecule has 0 saturated carbocycles. The van der Waals surface area contributed by atoms with E-state index in [-0.39, 0.29) is 17.4 Å². The van der Waals surface area contributed by atoms with E-state index < -0.39 is 0 Å². The zero-order valence-electron chi connectivity index (χ0n) is 14.4. The second-order valence-electron chi connectivity index (χ2n) is 7.46. The molecule has 1 aliphatic rings. The number of piperidine rings is 1. The molecule has 0 bridgehead atoms. The van der Waals surface area contributed by atoms with Crippen molar-refractivity contribution in [3.05, 3.63) is 29.3 Å². The van der Waals surface area contributed by atoms with Crippen molar-refractivity contribution in [2.75, 3.05) is 18.4 Å². The lowest BCUT2D eigenvalue weighted by Crippen LogP contribution is -2.41. The molecule has 1 N–H and O–H groups in total. The fraction of sp³-hybridized carbons (Fsp3) is 0.588. The maximum atomic E-state index is 12.4. The van der Waals surface area contributed by atoms with Crippen molar-refractivity contribution in [1.82, 2.24) is 15.1 Å². The van der Waals surface area contributed by atoms with E-state index in [0.29, 0.717) is 18.3 Å². The zero-order valence-corrected chi connectivity index (χ0v) is 15.2. The SMILES string of the molecule is CC(C)(C)Cc1nnc(C2CCCN(C(=O)Nc3cccs3)C2)o1. The molecule has 7 heteroatoms. The number of aromatic nitrogens is 2. The van der Waals surface area contributed by atoms with Gasteiger partial charge >= 0.3 is 6.03 Å². The Kier molecular flexibility index (Phi) is 4.89. The van der Waals surface area contributed by atoms with Crippen LogP contribution in [0.3, 0.4) is 0 Å². The van der Waals surface area contributed by atoms with Crippen LogP contribution in [0.25, 0.3) is 0 Å². The van der Waals surface area contributed by atoms with Crippen molar-refractivity contribution in [2.45, 2.75) is 46.0 Å². The van der Waals surface area contributed by atoms with Crippen LogP contribution in [0.15, 0.2) is 21.9 Å². The van der Waals surface area contributed by atoms with Crippen molar-refractivity contribution in [3.63, 3.8) is 0 Å². The second kappa shape index (κ2) is 6.93. The van der Waals surface area contributed by atoms with Crippen molar-refractivity contribution < 1.29 is 9.21 Å². The highest BCUT2D eigenvalue weighted by atomic mass is 32.1. The highest BCUT2D eigenvalue weighted by molar-refractivity contribution is 7.14. The molecule has 24 heavy (non-hydrogen) atoms. The number of carbonyl (C=O) groups excluding carboxylic acids is 1. The van der Waals surface area contributed by atoms with Gasteiger partial charge < -0.3 is 9.32 Å². The second-order valence-corrected chi connectivity index (χ2v) is 8.41. The highest BCUT2D eigenvalue weighted by Crippen LogP contribution is 2.28. The average molecular weight is 348 g/mol. The minimum atomic E-state index is -0.0587. The lowest BCUT2D eigenvalue weighted by Gasteiger charge is -2.30. The fourth-order valence-corrected chi connectivity index (χ4v) is 3.46. The Balaban J connectivity index is 1.62. The number of hydrogen-bond acceptors (Lipinski definition) is 5. The summed E-state index contributed by atoms with van der Waals surface area (Å²) in [5.41, 5.74) is 0.114. The van der Waals surface area contributed by atoms with Crippen molar-refractivity contribution in [2.24, 2.45) is 5.41 Å². The predicted octanol–water partition coefficient (Wildman–Crippen LogP) is 4.13. The zero-order chi connectivity index (χ0) is 17.2. The molecule has 2 amide bonds. The largest absolute Gasteiger partial charge is 0.425 e. The maximum absolute atomic E-state index is 12.4. The van der Waals surface area contributed by atoms with Gasteiger partial charge in [-0.25, -0.2) is 4.79 Å². The summed E-state index contributed by atoms with van der Waals surface area (Å²) >= 11 is 1.52. The molecule has 2 aromatic heterocycles. The molecular formula is C17H24N4O2S. The average Bonchev–Trinajstić information content (AvgIpc) is 3.17. The van der Waals surface area contributed by atoms with Gasteiger partial charge in [0.2, 0.25) is 11.8 Å². The summed E-state index contributed by atoms with van der Waals surface area (Å²) < 4.78 is 5.85. The summed E-state index contributed by atoms with van der Waals surface area (Å²) in [6, 6.07) is 3.77. The Bertz CT molecular complexity index is 675. The van der Waals surface area contributed by atoms with Crippen LogP contribution in [-0.2, 0) is 6.42 Å². The third-order valence-electron chi connectivity index (χ3n) is 3.97. The van der Waals surface area contributed by atoms with Gasteiger partial charge in [-0.2, -0.15) is 0 Å². The first-order chi connectivity index (χ1) is 11.4. The van der Waals surface area contributed by atoms with E-state index in [0.717, 1.165) is 30.8 Å². The highest BCUT2D eigenvalue weighted by Gasteiger charge is 2.29. The third kappa shape index (κ3) is 4.35. The third-order valence-corrected chi connectivity index (χ3v) is 4.76. The van der Waals surface area contributed by atoms with Crippen molar-refractivity contribution in [3.8, 4) is 0 Å². The molecule has 6 nitrogen and oxygen atoms in total. The molecule has 0 radical (unpaired) electrons. The molecule has 3 heterocycles. The van der Waals surface area contributed by atoms with Crippen LogP contribution < -0.4 is 5.32 Å². The quantitative estimate of drug-likeness (QED) is 0.905. The van der Waals surface area contributed by atoms with E-state index in [1.165, 1.54) is 11.3 Å². The molecular weight excluding hydrogens is 324 g/mol. The number of likely N-dealkylation sites (tertiary alicyclic amines) is 1. The maximum Gasteiger partial charge on any atom is 0.322 e. The van der Waals surface area contributed by atoms with Crippen LogP contribution >= 0.6 is 11.3 Å². The Labute approximate surface area is 146 Å². The first kappa shape index (κ1) is 17.0. The lowest BCUT2D eigenvalue weighted by atomic mass is 9.92. The van der Waals surface area contributed by atoms with E-state index in [1.54, 1.807) is 0 Å². The standard InChI is InChI=1S/C17H24N4O2S/c1-17(2,3)10-13-19-20-15(23-13)12-6-4-8-21(11-12)16(22)18-14-7-5-9-24-14/h5,7,9,12H,4,6,8,10-11H2,1-3H3,(H,18,22). The number of thiophene rings is 1. The van der Waals surface area contributed by atoms with Crippen LogP contribution in [0.1, 0.15) is 51.3 Å². The van der Waals surface area contributed by atoms with Gasteiger partial charge in [0.1, 0.15) is 0 Å². The number of anilines is 1. The Hall–Kier alpha value is -1.89. The molecule has 0 aromatic carbocycles.